The van der Waals surface area contributed by atoms with Crippen LogP contribution in [0.25, 0.3) is 0 Å². The van der Waals surface area contributed by atoms with E-state index in [1.807, 2.05) is 0 Å². The molecular formula is C13H16O6. The first-order valence-electron chi connectivity index (χ1n) is 5.88. The lowest BCUT2D eigenvalue weighted by Gasteiger charge is -2.29. The molecule has 0 bridgehead atoms. The van der Waals surface area contributed by atoms with Gasteiger partial charge in [0.2, 0.25) is 0 Å². The number of carbonyl (C=O) groups excluding carboxylic acids is 1. The molecular weight excluding hydrogens is 252 g/mol. The Morgan fingerprint density at radius 1 is 1.32 bits per heavy atom. The first-order chi connectivity index (χ1) is 8.97. The molecule has 3 unspecified atom stereocenters. The van der Waals surface area contributed by atoms with Crippen LogP contribution in [0.2, 0.25) is 0 Å². The molecule has 0 aromatic carbocycles. The molecule has 0 aliphatic heterocycles. The fourth-order valence-electron chi connectivity index (χ4n) is 2.22. The van der Waals surface area contributed by atoms with Crippen molar-refractivity contribution in [3.8, 4) is 0 Å². The number of aliphatic carboxylic acids is 2. The molecule has 0 aromatic rings. The van der Waals surface area contributed by atoms with Gasteiger partial charge in [0.25, 0.3) is 0 Å². The van der Waals surface area contributed by atoms with Crippen molar-refractivity contribution >= 4 is 17.9 Å². The number of esters is 1. The molecule has 1 aliphatic rings. The van der Waals surface area contributed by atoms with Crippen LogP contribution in [0.1, 0.15) is 12.8 Å². The van der Waals surface area contributed by atoms with E-state index in [9.17, 15) is 14.4 Å². The Hall–Kier alpha value is -2.11. The first kappa shape index (κ1) is 14.9. The van der Waals surface area contributed by atoms with Gasteiger partial charge in [0.05, 0.1) is 18.4 Å². The Morgan fingerprint density at radius 3 is 2.53 bits per heavy atom. The van der Waals surface area contributed by atoms with Crippen molar-refractivity contribution in [3.63, 3.8) is 0 Å². The number of carbonyl (C=O) groups is 3. The van der Waals surface area contributed by atoms with E-state index in [1.165, 1.54) is 6.08 Å². The zero-order valence-corrected chi connectivity index (χ0v) is 10.3. The highest BCUT2D eigenvalue weighted by Gasteiger charge is 2.39. The molecule has 0 radical (unpaired) electrons. The third-order valence-electron chi connectivity index (χ3n) is 3.15. The van der Waals surface area contributed by atoms with Crippen LogP contribution in [0, 0.1) is 17.8 Å². The number of allylic oxidation sites excluding steroid dienone is 1. The van der Waals surface area contributed by atoms with Crippen molar-refractivity contribution in [2.75, 3.05) is 6.61 Å². The summed E-state index contributed by atoms with van der Waals surface area (Å²) in [5.74, 6) is -5.27. The van der Waals surface area contributed by atoms with E-state index < -0.39 is 29.7 Å². The van der Waals surface area contributed by atoms with Gasteiger partial charge >= 0.3 is 17.9 Å². The molecule has 0 saturated heterocycles. The summed E-state index contributed by atoms with van der Waals surface area (Å²) < 4.78 is 4.80. The van der Waals surface area contributed by atoms with E-state index in [0.717, 1.165) is 6.08 Å². The van der Waals surface area contributed by atoms with Crippen LogP contribution in [0.15, 0.2) is 24.8 Å². The zero-order chi connectivity index (χ0) is 14.4. The number of carboxylic acids is 2. The van der Waals surface area contributed by atoms with Crippen LogP contribution < -0.4 is 0 Å². The van der Waals surface area contributed by atoms with E-state index in [-0.39, 0.29) is 12.5 Å². The highest BCUT2D eigenvalue weighted by atomic mass is 16.5. The smallest absolute Gasteiger partial charge is 0.330 e. The molecule has 0 heterocycles. The lowest BCUT2D eigenvalue weighted by Crippen LogP contribution is -2.37. The summed E-state index contributed by atoms with van der Waals surface area (Å²) in [5.41, 5.74) is 0. The van der Waals surface area contributed by atoms with Gasteiger partial charge in [0, 0.05) is 6.08 Å². The Balaban J connectivity index is 2.68. The maximum atomic E-state index is 11.2. The van der Waals surface area contributed by atoms with E-state index in [2.05, 4.69) is 6.58 Å². The van der Waals surface area contributed by atoms with Gasteiger partial charge in [0.1, 0.15) is 0 Å². The van der Waals surface area contributed by atoms with Gasteiger partial charge in [-0.1, -0.05) is 18.7 Å². The summed E-state index contributed by atoms with van der Waals surface area (Å²) in [6.45, 7) is 3.30. The SMILES string of the molecule is C=CC(=O)OCCC1CC=CC(C(=O)O)C1C(=O)O. The van der Waals surface area contributed by atoms with Crippen molar-refractivity contribution in [2.45, 2.75) is 12.8 Å². The third kappa shape index (κ3) is 3.94. The molecule has 3 atom stereocenters. The van der Waals surface area contributed by atoms with E-state index >= 15 is 0 Å². The van der Waals surface area contributed by atoms with Crippen molar-refractivity contribution < 1.29 is 29.3 Å². The number of hydrogen-bond acceptors (Lipinski definition) is 4. The molecule has 0 saturated carbocycles. The molecule has 6 heteroatoms. The minimum Gasteiger partial charge on any atom is -0.481 e. The maximum Gasteiger partial charge on any atom is 0.330 e. The summed E-state index contributed by atoms with van der Waals surface area (Å²) in [4.78, 5) is 33.1. The van der Waals surface area contributed by atoms with Crippen LogP contribution in [-0.2, 0) is 19.1 Å². The third-order valence-corrected chi connectivity index (χ3v) is 3.15. The number of ether oxygens (including phenoxy) is 1. The van der Waals surface area contributed by atoms with Gasteiger partial charge in [-0.05, 0) is 18.8 Å². The second-order valence-corrected chi connectivity index (χ2v) is 4.31. The fourth-order valence-corrected chi connectivity index (χ4v) is 2.22. The standard InChI is InChI=1S/C13H16O6/c1-2-10(14)19-7-6-8-4-3-5-9(12(15)16)11(8)13(17)18/h2-3,5,8-9,11H,1,4,6-7H2,(H,15,16)(H,17,18). The summed E-state index contributed by atoms with van der Waals surface area (Å²) in [6.07, 6.45) is 4.87. The normalized spacial score (nSPS) is 25.6. The minimum atomic E-state index is -1.16. The maximum absolute atomic E-state index is 11.2. The number of hydrogen-bond donors (Lipinski definition) is 2. The fraction of sp³-hybridized carbons (Fsp3) is 0.462. The molecule has 2 N–H and O–H groups in total. The molecule has 1 rings (SSSR count). The molecule has 1 aliphatic carbocycles. The largest absolute Gasteiger partial charge is 0.481 e. The van der Waals surface area contributed by atoms with Gasteiger partial charge < -0.3 is 14.9 Å². The molecule has 104 valence electrons. The van der Waals surface area contributed by atoms with Crippen LogP contribution in [-0.4, -0.2) is 34.7 Å². The summed E-state index contributed by atoms with van der Waals surface area (Å²) in [6, 6.07) is 0. The quantitative estimate of drug-likeness (QED) is 0.424. The molecule has 19 heavy (non-hydrogen) atoms. The van der Waals surface area contributed by atoms with Gasteiger partial charge in [-0.2, -0.15) is 0 Å². The van der Waals surface area contributed by atoms with Crippen LogP contribution in [0.5, 0.6) is 0 Å². The van der Waals surface area contributed by atoms with Gasteiger partial charge in [-0.25, -0.2) is 4.79 Å². The van der Waals surface area contributed by atoms with Crippen molar-refractivity contribution in [2.24, 2.45) is 17.8 Å². The Bertz CT molecular complexity index is 411. The van der Waals surface area contributed by atoms with Crippen LogP contribution in [0.3, 0.4) is 0 Å². The molecule has 0 fully saturated rings. The van der Waals surface area contributed by atoms with E-state index in [1.54, 1.807) is 6.08 Å². The highest BCUT2D eigenvalue weighted by molar-refractivity contribution is 5.82. The topological polar surface area (TPSA) is 101 Å². The second kappa shape index (κ2) is 6.72. The average molecular weight is 268 g/mol. The van der Waals surface area contributed by atoms with Gasteiger partial charge in [-0.3, -0.25) is 9.59 Å². The van der Waals surface area contributed by atoms with Crippen LogP contribution >= 0.6 is 0 Å². The average Bonchev–Trinajstić information content (AvgIpc) is 2.37. The van der Waals surface area contributed by atoms with Gasteiger partial charge in [-0.15, -0.1) is 0 Å². The lowest BCUT2D eigenvalue weighted by molar-refractivity contribution is -0.155. The minimum absolute atomic E-state index is 0.0550. The Kier molecular flexibility index (Phi) is 5.29. The predicted molar refractivity (Wildman–Crippen MR) is 65.3 cm³/mol. The summed E-state index contributed by atoms with van der Waals surface area (Å²) in [7, 11) is 0. The Morgan fingerprint density at radius 2 is 2.00 bits per heavy atom. The number of carboxylic acid groups (broad SMARTS) is 2. The van der Waals surface area contributed by atoms with Gasteiger partial charge in [0.15, 0.2) is 0 Å². The monoisotopic (exact) mass is 268 g/mol. The first-order valence-corrected chi connectivity index (χ1v) is 5.88. The second-order valence-electron chi connectivity index (χ2n) is 4.31. The summed E-state index contributed by atoms with van der Waals surface area (Å²) in [5, 5.41) is 18.2. The molecule has 6 nitrogen and oxygen atoms in total. The molecule has 0 aromatic heterocycles. The highest BCUT2D eigenvalue weighted by Crippen LogP contribution is 2.33. The van der Waals surface area contributed by atoms with E-state index in [4.69, 9.17) is 14.9 Å². The Labute approximate surface area is 110 Å². The zero-order valence-electron chi connectivity index (χ0n) is 10.3. The molecule has 0 spiro atoms. The van der Waals surface area contributed by atoms with Crippen LogP contribution in [0.4, 0.5) is 0 Å². The van der Waals surface area contributed by atoms with E-state index in [0.29, 0.717) is 12.8 Å². The molecule has 0 amide bonds. The predicted octanol–water partition coefficient (Wildman–Crippen LogP) is 1.08. The van der Waals surface area contributed by atoms with Crippen molar-refractivity contribution in [3.05, 3.63) is 24.8 Å². The van der Waals surface area contributed by atoms with Crippen molar-refractivity contribution in [1.29, 1.82) is 0 Å². The summed E-state index contributed by atoms with van der Waals surface area (Å²) >= 11 is 0. The van der Waals surface area contributed by atoms with Crippen molar-refractivity contribution in [1.82, 2.24) is 0 Å². The lowest BCUT2D eigenvalue weighted by atomic mass is 9.74. The number of rotatable bonds is 6.